The van der Waals surface area contributed by atoms with E-state index in [1.807, 2.05) is 6.07 Å². The molecule has 0 saturated carbocycles. The average Bonchev–Trinajstić information content (AvgIpc) is 3.16. The van der Waals surface area contributed by atoms with Gasteiger partial charge < -0.3 is 19.5 Å². The molecule has 6 rings (SSSR count). The Morgan fingerprint density at radius 3 is 2.70 bits per heavy atom. The maximum Gasteiger partial charge on any atom is 0.309 e. The summed E-state index contributed by atoms with van der Waals surface area (Å²) in [6, 6.07) is 5.03. The summed E-state index contributed by atoms with van der Waals surface area (Å²) in [7, 11) is 0. The van der Waals surface area contributed by atoms with Crippen molar-refractivity contribution in [1.29, 1.82) is 0 Å². The molecule has 1 saturated heterocycles. The summed E-state index contributed by atoms with van der Waals surface area (Å²) in [6.45, 7) is 4.56. The first kappa shape index (κ1) is 24.2. The third kappa shape index (κ3) is 4.15. The number of piperidine rings is 1. The molecule has 0 radical (unpaired) electrons. The molecule has 3 aliphatic rings. The zero-order chi connectivity index (χ0) is 25.8. The van der Waals surface area contributed by atoms with Crippen molar-refractivity contribution < 1.29 is 24.1 Å². The Morgan fingerprint density at radius 1 is 1.16 bits per heavy atom. The molecular weight excluding hydrogens is 477 g/mol. The minimum Gasteiger partial charge on any atom is -0.460 e. The number of esters is 1. The summed E-state index contributed by atoms with van der Waals surface area (Å²) in [5.74, 6) is -0.357. The van der Waals surface area contributed by atoms with Crippen LogP contribution in [0.15, 0.2) is 23.0 Å². The summed E-state index contributed by atoms with van der Waals surface area (Å²) in [5.41, 5.74) is 4.59. The van der Waals surface area contributed by atoms with Crippen LogP contribution < -0.4 is 5.56 Å². The number of ether oxygens (including phenoxy) is 1. The third-order valence-electron chi connectivity index (χ3n) is 8.20. The van der Waals surface area contributed by atoms with E-state index in [1.54, 1.807) is 17.6 Å². The number of aliphatic hydroxyl groups excluding tert-OH is 2. The number of aryl methyl sites for hydroxylation is 1. The lowest BCUT2D eigenvalue weighted by molar-refractivity contribution is -0.146. The number of cyclic esters (lactones) is 1. The molecule has 9 heteroatoms. The quantitative estimate of drug-likeness (QED) is 0.409. The Balaban J connectivity index is 1.47. The fourth-order valence-corrected chi connectivity index (χ4v) is 6.04. The molecule has 1 fully saturated rings. The van der Waals surface area contributed by atoms with Crippen LogP contribution in [-0.2, 0) is 29.2 Å². The van der Waals surface area contributed by atoms with E-state index in [9.17, 15) is 24.2 Å². The molecule has 194 valence electrons. The molecule has 2 aromatic heterocycles. The van der Waals surface area contributed by atoms with Crippen LogP contribution in [-0.4, -0.2) is 50.3 Å². The van der Waals surface area contributed by atoms with Crippen molar-refractivity contribution in [2.45, 2.75) is 58.4 Å². The number of nitrogens with zero attached hydrogens (tertiary/aromatic N) is 3. The monoisotopic (exact) mass is 507 g/mol. The first-order chi connectivity index (χ1) is 17.8. The molecule has 1 atom stereocenters. The SMILES string of the molecule is Cc1cc2c(CN3CCC(CCO)CC3)c3c(nc2cc1F)-c1cc2c(c(=O)n1C3)COC(=O)CC2O. The molecule has 3 aliphatic heterocycles. The van der Waals surface area contributed by atoms with Crippen molar-refractivity contribution in [3.63, 3.8) is 0 Å². The molecule has 0 aliphatic carbocycles. The van der Waals surface area contributed by atoms with Gasteiger partial charge in [-0.15, -0.1) is 0 Å². The average molecular weight is 508 g/mol. The molecule has 37 heavy (non-hydrogen) atoms. The number of aliphatic hydroxyl groups is 2. The van der Waals surface area contributed by atoms with Crippen LogP contribution in [0.2, 0.25) is 0 Å². The van der Waals surface area contributed by atoms with Crippen LogP contribution in [0.4, 0.5) is 4.39 Å². The van der Waals surface area contributed by atoms with Gasteiger partial charge in [0.05, 0.1) is 41.5 Å². The standard InChI is InChI=1S/C28H30FN3O5/c1-15-8-17-19(12-31-5-2-16(3-6-31)4-7-33)20-13-32-24(27(20)30-23(17)10-22(15)29)9-18-21(28(32)36)14-37-26(35)11-25(18)34/h8-10,16,25,33-34H,2-7,11-14H2,1H3. The molecule has 0 spiro atoms. The molecule has 1 unspecified atom stereocenters. The number of carbonyl (C=O) groups is 1. The number of aromatic nitrogens is 2. The number of rotatable bonds is 4. The number of likely N-dealkylation sites (tertiary alicyclic amines) is 1. The lowest BCUT2D eigenvalue weighted by Crippen LogP contribution is -2.34. The van der Waals surface area contributed by atoms with Crippen LogP contribution in [0.3, 0.4) is 0 Å². The van der Waals surface area contributed by atoms with Gasteiger partial charge >= 0.3 is 5.97 Å². The fourth-order valence-electron chi connectivity index (χ4n) is 6.04. The van der Waals surface area contributed by atoms with Gasteiger partial charge in [-0.2, -0.15) is 0 Å². The normalized spacial score (nSPS) is 19.9. The summed E-state index contributed by atoms with van der Waals surface area (Å²) < 4.78 is 21.4. The first-order valence-electron chi connectivity index (χ1n) is 12.9. The molecular formula is C28H30FN3O5. The Morgan fingerprint density at radius 2 is 1.95 bits per heavy atom. The second-order valence-corrected chi connectivity index (χ2v) is 10.5. The molecule has 0 bridgehead atoms. The molecule has 0 amide bonds. The minimum absolute atomic E-state index is 0.170. The Kier molecular flexibility index (Phi) is 6.09. The predicted octanol–water partition coefficient (Wildman–Crippen LogP) is 2.95. The Labute approximate surface area is 213 Å². The van der Waals surface area contributed by atoms with Gasteiger partial charge in [-0.05, 0) is 74.0 Å². The number of halogens is 1. The van der Waals surface area contributed by atoms with Gasteiger partial charge in [-0.1, -0.05) is 0 Å². The highest BCUT2D eigenvalue weighted by atomic mass is 19.1. The van der Waals surface area contributed by atoms with Crippen LogP contribution in [0.25, 0.3) is 22.3 Å². The van der Waals surface area contributed by atoms with E-state index in [0.29, 0.717) is 47.0 Å². The topological polar surface area (TPSA) is 105 Å². The van der Waals surface area contributed by atoms with Crippen LogP contribution >= 0.6 is 0 Å². The summed E-state index contributed by atoms with van der Waals surface area (Å²) in [4.78, 5) is 32.6. The van der Waals surface area contributed by atoms with Gasteiger partial charge in [-0.3, -0.25) is 14.5 Å². The Hall–Kier alpha value is -3.14. The fraction of sp³-hybridized carbons (Fsp3) is 0.464. The lowest BCUT2D eigenvalue weighted by atomic mass is 9.92. The van der Waals surface area contributed by atoms with Crippen molar-refractivity contribution in [2.24, 2.45) is 5.92 Å². The van der Waals surface area contributed by atoms with E-state index in [0.717, 1.165) is 48.9 Å². The predicted molar refractivity (Wildman–Crippen MR) is 134 cm³/mol. The highest BCUT2D eigenvalue weighted by Crippen LogP contribution is 2.39. The van der Waals surface area contributed by atoms with Crippen LogP contribution in [0, 0.1) is 18.7 Å². The van der Waals surface area contributed by atoms with Gasteiger partial charge in [0.2, 0.25) is 0 Å². The van der Waals surface area contributed by atoms with Gasteiger partial charge in [0, 0.05) is 30.2 Å². The van der Waals surface area contributed by atoms with Gasteiger partial charge in [0.15, 0.2) is 0 Å². The van der Waals surface area contributed by atoms with E-state index in [4.69, 9.17) is 9.72 Å². The third-order valence-corrected chi connectivity index (χ3v) is 8.20. The number of benzene rings is 1. The maximum atomic E-state index is 14.6. The van der Waals surface area contributed by atoms with E-state index >= 15 is 0 Å². The highest BCUT2D eigenvalue weighted by Gasteiger charge is 2.33. The van der Waals surface area contributed by atoms with E-state index < -0.39 is 12.1 Å². The smallest absolute Gasteiger partial charge is 0.309 e. The van der Waals surface area contributed by atoms with Crippen molar-refractivity contribution in [2.75, 3.05) is 19.7 Å². The van der Waals surface area contributed by atoms with Crippen molar-refractivity contribution >= 4 is 16.9 Å². The molecule has 5 heterocycles. The number of fused-ring (bicyclic) bond motifs is 5. The number of carbonyl (C=O) groups excluding carboxylic acids is 1. The van der Waals surface area contributed by atoms with E-state index in [1.165, 1.54) is 6.07 Å². The summed E-state index contributed by atoms with van der Waals surface area (Å²) in [5, 5.41) is 20.8. The lowest BCUT2D eigenvalue weighted by Gasteiger charge is -2.32. The number of pyridine rings is 2. The number of hydrogen-bond donors (Lipinski definition) is 2. The van der Waals surface area contributed by atoms with Crippen molar-refractivity contribution in [3.05, 3.63) is 62.2 Å². The second-order valence-electron chi connectivity index (χ2n) is 10.5. The van der Waals surface area contributed by atoms with Gasteiger partial charge in [-0.25, -0.2) is 9.37 Å². The first-order valence-corrected chi connectivity index (χ1v) is 12.9. The molecule has 1 aromatic carbocycles. The highest BCUT2D eigenvalue weighted by molar-refractivity contribution is 5.88. The van der Waals surface area contributed by atoms with E-state index in [-0.39, 0.29) is 36.6 Å². The second kappa shape index (κ2) is 9.31. The molecule has 3 aromatic rings. The van der Waals surface area contributed by atoms with Gasteiger partial charge in [0.1, 0.15) is 12.4 Å². The minimum atomic E-state index is -1.13. The van der Waals surface area contributed by atoms with Crippen LogP contribution in [0.1, 0.15) is 59.6 Å². The summed E-state index contributed by atoms with van der Waals surface area (Å²) >= 11 is 0. The molecule has 2 N–H and O–H groups in total. The largest absolute Gasteiger partial charge is 0.460 e. The zero-order valence-corrected chi connectivity index (χ0v) is 20.8. The zero-order valence-electron chi connectivity index (χ0n) is 20.8. The van der Waals surface area contributed by atoms with Gasteiger partial charge in [0.25, 0.3) is 5.56 Å². The number of hydrogen-bond acceptors (Lipinski definition) is 7. The van der Waals surface area contributed by atoms with E-state index in [2.05, 4.69) is 4.90 Å². The molecule has 8 nitrogen and oxygen atoms in total. The van der Waals surface area contributed by atoms with Crippen molar-refractivity contribution in [1.82, 2.24) is 14.5 Å². The Bertz CT molecular complexity index is 1480. The summed E-state index contributed by atoms with van der Waals surface area (Å²) in [6.07, 6.45) is 1.51. The van der Waals surface area contributed by atoms with Crippen molar-refractivity contribution in [3.8, 4) is 11.4 Å². The van der Waals surface area contributed by atoms with Crippen LogP contribution in [0.5, 0.6) is 0 Å². The maximum absolute atomic E-state index is 14.6.